The van der Waals surface area contributed by atoms with Crippen LogP contribution >= 0.6 is 0 Å². The van der Waals surface area contributed by atoms with Gasteiger partial charge >= 0.3 is 0 Å². The predicted octanol–water partition coefficient (Wildman–Crippen LogP) is 8.09. The molecular formula is C32H40O2. The normalized spacial score (nSPS) is 15.8. The maximum absolute atomic E-state index is 6.66. The molecule has 1 aliphatic carbocycles. The molecule has 2 unspecified atom stereocenters. The van der Waals surface area contributed by atoms with Crippen LogP contribution < -0.4 is 4.74 Å². The molecule has 2 atom stereocenters. The molecule has 2 heteroatoms. The zero-order chi connectivity index (χ0) is 24.1. The molecular weight excluding hydrogens is 416 g/mol. The number of hydrogen-bond donors (Lipinski definition) is 0. The van der Waals surface area contributed by atoms with E-state index in [2.05, 4.69) is 113 Å². The van der Waals surface area contributed by atoms with Crippen molar-refractivity contribution in [2.45, 2.75) is 84.0 Å². The fourth-order valence-corrected chi connectivity index (χ4v) is 5.24. The summed E-state index contributed by atoms with van der Waals surface area (Å²) in [6.07, 6.45) is 3.73. The minimum absolute atomic E-state index is 0.0664. The van der Waals surface area contributed by atoms with Gasteiger partial charge in [0, 0.05) is 6.42 Å². The van der Waals surface area contributed by atoms with Crippen LogP contribution in [0.2, 0.25) is 0 Å². The van der Waals surface area contributed by atoms with Gasteiger partial charge in [0.15, 0.2) is 0 Å². The maximum Gasteiger partial charge on any atom is 0.200 e. The summed E-state index contributed by atoms with van der Waals surface area (Å²) in [5.41, 5.74) is 5.41. The fraction of sp³-hybridized carbons (Fsp3) is 0.438. The summed E-state index contributed by atoms with van der Waals surface area (Å²) in [5, 5.41) is 0. The monoisotopic (exact) mass is 456 g/mol. The summed E-state index contributed by atoms with van der Waals surface area (Å²) in [7, 11) is 0. The molecule has 1 aliphatic rings. The van der Waals surface area contributed by atoms with Crippen LogP contribution in [0.3, 0.4) is 0 Å². The average Bonchev–Trinajstić information content (AvgIpc) is 3.21. The second-order valence-corrected chi connectivity index (χ2v) is 11.0. The largest absolute Gasteiger partial charge is 0.465 e. The maximum atomic E-state index is 6.66. The van der Waals surface area contributed by atoms with Crippen molar-refractivity contribution in [3.8, 4) is 5.75 Å². The van der Waals surface area contributed by atoms with Gasteiger partial charge in [-0.2, -0.15) is 0 Å². The van der Waals surface area contributed by atoms with Crippen LogP contribution in [0.5, 0.6) is 5.75 Å². The van der Waals surface area contributed by atoms with Crippen LogP contribution in [0.15, 0.2) is 78.9 Å². The van der Waals surface area contributed by atoms with Gasteiger partial charge in [0.1, 0.15) is 5.75 Å². The minimum atomic E-state index is -0.312. The van der Waals surface area contributed by atoms with E-state index in [1.54, 1.807) is 0 Å². The second kappa shape index (κ2) is 10.8. The highest BCUT2D eigenvalue weighted by atomic mass is 16.7. The number of hydrogen-bond acceptors (Lipinski definition) is 2. The van der Waals surface area contributed by atoms with Crippen LogP contribution in [0, 0.1) is 5.92 Å². The van der Waals surface area contributed by atoms with E-state index in [9.17, 15) is 0 Å². The van der Waals surface area contributed by atoms with Crippen LogP contribution in [-0.4, -0.2) is 12.4 Å². The third kappa shape index (κ3) is 6.30. The smallest absolute Gasteiger partial charge is 0.200 e. The summed E-state index contributed by atoms with van der Waals surface area (Å²) in [5.74, 6) is 2.12. The summed E-state index contributed by atoms with van der Waals surface area (Å²) in [6.45, 7) is 11.4. The van der Waals surface area contributed by atoms with Crippen LogP contribution in [-0.2, 0) is 23.0 Å². The molecule has 0 fully saturated rings. The van der Waals surface area contributed by atoms with Crippen molar-refractivity contribution in [1.29, 1.82) is 0 Å². The van der Waals surface area contributed by atoms with Crippen molar-refractivity contribution in [3.63, 3.8) is 0 Å². The minimum Gasteiger partial charge on any atom is -0.465 e. The molecule has 4 rings (SSSR count). The molecule has 0 spiro atoms. The van der Waals surface area contributed by atoms with Gasteiger partial charge in [-0.25, -0.2) is 0 Å². The number of benzene rings is 3. The lowest BCUT2D eigenvalue weighted by molar-refractivity contribution is -0.127. The van der Waals surface area contributed by atoms with Crippen LogP contribution in [0.25, 0.3) is 0 Å². The SMILES string of the molecule is CC(C)CC(C)c1ccc(OC(CC(C)(C)c2ccccc2)OC2Cc3ccccc3C2)cc1. The standard InChI is InChI=1S/C32H40O2/c1-23(2)19-24(3)25-15-17-29(18-16-25)33-31(22-32(4,5)28-13-7-6-8-14-28)34-30-20-26-11-9-10-12-27(26)21-30/h6-18,23-24,30-31H,19-22H2,1-5H3. The molecule has 0 N–H and O–H groups in total. The average molecular weight is 457 g/mol. The fourth-order valence-electron chi connectivity index (χ4n) is 5.24. The zero-order valence-corrected chi connectivity index (χ0v) is 21.5. The van der Waals surface area contributed by atoms with E-state index in [1.807, 2.05) is 0 Å². The first-order valence-electron chi connectivity index (χ1n) is 12.8. The Morgan fingerprint density at radius 3 is 1.97 bits per heavy atom. The first-order valence-corrected chi connectivity index (χ1v) is 12.8. The van der Waals surface area contributed by atoms with Gasteiger partial charge in [0.2, 0.25) is 6.29 Å². The number of rotatable bonds is 10. The van der Waals surface area contributed by atoms with Gasteiger partial charge in [-0.15, -0.1) is 0 Å². The summed E-state index contributed by atoms with van der Waals surface area (Å²) >= 11 is 0. The molecule has 0 aromatic heterocycles. The van der Waals surface area contributed by atoms with Gasteiger partial charge in [-0.05, 0) is 70.9 Å². The lowest BCUT2D eigenvalue weighted by Crippen LogP contribution is -2.34. The molecule has 0 saturated heterocycles. The first-order chi connectivity index (χ1) is 16.3. The van der Waals surface area contributed by atoms with Crippen molar-refractivity contribution < 1.29 is 9.47 Å². The van der Waals surface area contributed by atoms with Gasteiger partial charge in [-0.3, -0.25) is 0 Å². The van der Waals surface area contributed by atoms with Gasteiger partial charge < -0.3 is 9.47 Å². The van der Waals surface area contributed by atoms with Crippen molar-refractivity contribution >= 4 is 0 Å². The second-order valence-electron chi connectivity index (χ2n) is 11.0. The first kappa shape index (κ1) is 24.5. The number of fused-ring (bicyclic) bond motifs is 1. The van der Waals surface area contributed by atoms with E-state index in [-0.39, 0.29) is 17.8 Å². The molecule has 180 valence electrons. The molecule has 0 saturated carbocycles. The third-order valence-corrected chi connectivity index (χ3v) is 7.13. The Kier molecular flexibility index (Phi) is 7.78. The van der Waals surface area contributed by atoms with E-state index in [0.717, 1.165) is 25.0 Å². The molecule has 34 heavy (non-hydrogen) atoms. The molecule has 0 heterocycles. The molecule has 0 amide bonds. The van der Waals surface area contributed by atoms with E-state index >= 15 is 0 Å². The molecule has 0 aliphatic heterocycles. The van der Waals surface area contributed by atoms with Crippen LogP contribution in [0.4, 0.5) is 0 Å². The zero-order valence-electron chi connectivity index (χ0n) is 21.5. The predicted molar refractivity (Wildman–Crippen MR) is 142 cm³/mol. The van der Waals surface area contributed by atoms with E-state index in [4.69, 9.17) is 9.47 Å². The van der Waals surface area contributed by atoms with Gasteiger partial charge in [-0.1, -0.05) is 101 Å². The van der Waals surface area contributed by atoms with Gasteiger partial charge in [0.25, 0.3) is 0 Å². The Morgan fingerprint density at radius 2 is 1.38 bits per heavy atom. The topological polar surface area (TPSA) is 18.5 Å². The van der Waals surface area contributed by atoms with E-state index < -0.39 is 0 Å². The van der Waals surface area contributed by atoms with Crippen molar-refractivity contribution in [3.05, 3.63) is 101 Å². The van der Waals surface area contributed by atoms with E-state index in [1.165, 1.54) is 28.7 Å². The Labute approximate surface area is 206 Å². The Bertz CT molecular complexity index is 1010. The molecule has 0 bridgehead atoms. The van der Waals surface area contributed by atoms with Gasteiger partial charge in [0.05, 0.1) is 6.10 Å². The Morgan fingerprint density at radius 1 is 0.794 bits per heavy atom. The Balaban J connectivity index is 1.49. The highest BCUT2D eigenvalue weighted by Crippen LogP contribution is 2.33. The summed E-state index contributed by atoms with van der Waals surface area (Å²) < 4.78 is 13.2. The lowest BCUT2D eigenvalue weighted by atomic mass is 9.81. The number of ether oxygens (including phenoxy) is 2. The van der Waals surface area contributed by atoms with Crippen molar-refractivity contribution in [2.24, 2.45) is 5.92 Å². The lowest BCUT2D eigenvalue weighted by Gasteiger charge is -2.32. The van der Waals surface area contributed by atoms with E-state index in [0.29, 0.717) is 11.8 Å². The molecule has 3 aromatic carbocycles. The third-order valence-electron chi connectivity index (χ3n) is 7.13. The summed E-state index contributed by atoms with van der Waals surface area (Å²) in [4.78, 5) is 0. The summed E-state index contributed by atoms with van der Waals surface area (Å²) in [6, 6.07) is 28.0. The molecule has 2 nitrogen and oxygen atoms in total. The molecule has 3 aromatic rings. The van der Waals surface area contributed by atoms with Crippen molar-refractivity contribution in [1.82, 2.24) is 0 Å². The quantitative estimate of drug-likeness (QED) is 0.287. The van der Waals surface area contributed by atoms with Crippen LogP contribution in [0.1, 0.15) is 75.6 Å². The highest BCUT2D eigenvalue weighted by molar-refractivity contribution is 5.33. The highest BCUT2D eigenvalue weighted by Gasteiger charge is 2.31. The Hall–Kier alpha value is -2.58. The van der Waals surface area contributed by atoms with Crippen molar-refractivity contribution in [2.75, 3.05) is 0 Å². The molecule has 0 radical (unpaired) electrons.